The van der Waals surface area contributed by atoms with Crippen molar-refractivity contribution in [3.8, 4) is 23.3 Å². The van der Waals surface area contributed by atoms with Crippen molar-refractivity contribution in [2.45, 2.75) is 46.5 Å². The highest BCUT2D eigenvalue weighted by atomic mass is 16.5. The predicted octanol–water partition coefficient (Wildman–Crippen LogP) is 3.23. The van der Waals surface area contributed by atoms with E-state index in [-0.39, 0.29) is 5.41 Å². The van der Waals surface area contributed by atoms with Crippen LogP contribution in [0.1, 0.15) is 52.2 Å². The summed E-state index contributed by atoms with van der Waals surface area (Å²) in [5.41, 5.74) is 1.25. The first-order valence-corrected chi connectivity index (χ1v) is 8.76. The molecule has 0 bridgehead atoms. The Bertz CT molecular complexity index is 969. The van der Waals surface area contributed by atoms with Gasteiger partial charge in [-0.05, 0) is 23.5 Å². The van der Waals surface area contributed by atoms with Gasteiger partial charge in [0.15, 0.2) is 0 Å². The minimum absolute atomic E-state index is 0.199. The molecule has 0 spiro atoms. The Hall–Kier alpha value is -2.74. The molecule has 1 aromatic carbocycles. The number of methoxy groups -OCH3 is 1. The molecule has 0 saturated heterocycles. The molecule has 0 atom stereocenters. The second-order valence-electron chi connectivity index (χ2n) is 7.09. The topological polar surface area (TPSA) is 64.1 Å². The van der Waals surface area contributed by atoms with Crippen molar-refractivity contribution in [3.63, 3.8) is 0 Å². The molecule has 1 aromatic heterocycles. The zero-order chi connectivity index (χ0) is 19.5. The van der Waals surface area contributed by atoms with E-state index in [0.29, 0.717) is 11.6 Å². The number of nitrogens with zero attached hydrogens (tertiary/aromatic N) is 1. The smallest absolute Gasteiger partial charge is 0.332 e. The van der Waals surface area contributed by atoms with Crippen LogP contribution in [0.4, 0.5) is 0 Å². The minimum Gasteiger partial charge on any atom is -0.495 e. The number of nitrogens with one attached hydrogen (secondary N) is 1. The molecule has 2 rings (SSSR count). The van der Waals surface area contributed by atoms with Crippen molar-refractivity contribution in [3.05, 3.63) is 56.4 Å². The van der Waals surface area contributed by atoms with E-state index in [0.717, 1.165) is 23.3 Å². The molecule has 1 heterocycles. The van der Waals surface area contributed by atoms with E-state index in [9.17, 15) is 9.59 Å². The lowest BCUT2D eigenvalue weighted by Crippen LogP contribution is -2.29. The number of ether oxygens (including phenoxy) is 1. The Morgan fingerprint density at radius 3 is 2.50 bits per heavy atom. The molecule has 26 heavy (non-hydrogen) atoms. The van der Waals surface area contributed by atoms with Gasteiger partial charge in [-0.25, -0.2) is 4.79 Å². The Balaban J connectivity index is 2.86. The van der Waals surface area contributed by atoms with Gasteiger partial charge in [0.25, 0.3) is 5.56 Å². The van der Waals surface area contributed by atoms with Crippen molar-refractivity contribution < 1.29 is 4.74 Å². The molecule has 0 amide bonds. The number of aromatic nitrogens is 2. The second kappa shape index (κ2) is 7.65. The summed E-state index contributed by atoms with van der Waals surface area (Å²) in [4.78, 5) is 25.9. The van der Waals surface area contributed by atoms with Crippen molar-refractivity contribution in [1.29, 1.82) is 0 Å². The van der Waals surface area contributed by atoms with E-state index < -0.39 is 11.2 Å². The summed E-state index contributed by atoms with van der Waals surface area (Å²) in [7, 11) is 1.64. The normalized spacial score (nSPS) is 11.2. The molecule has 0 aliphatic heterocycles. The van der Waals surface area contributed by atoms with Gasteiger partial charge in [-0.15, -0.1) is 0 Å². The van der Waals surface area contributed by atoms with Gasteiger partial charge in [-0.1, -0.05) is 46.5 Å². The highest BCUT2D eigenvalue weighted by molar-refractivity contribution is 5.59. The lowest BCUT2D eigenvalue weighted by atomic mass is 9.74. The molecule has 5 nitrogen and oxygen atoms in total. The fourth-order valence-electron chi connectivity index (χ4n) is 2.66. The van der Waals surface area contributed by atoms with Crippen LogP contribution >= 0.6 is 0 Å². The fraction of sp³-hybridized carbons (Fsp3) is 0.429. The quantitative estimate of drug-likeness (QED) is 0.858. The van der Waals surface area contributed by atoms with E-state index in [1.54, 1.807) is 7.11 Å². The third kappa shape index (κ3) is 3.75. The number of rotatable bonds is 4. The second-order valence-corrected chi connectivity index (χ2v) is 7.09. The van der Waals surface area contributed by atoms with E-state index in [4.69, 9.17) is 4.74 Å². The first kappa shape index (κ1) is 19.6. The molecule has 0 fully saturated rings. The molecule has 138 valence electrons. The number of hydrogen-bond donors (Lipinski definition) is 1. The summed E-state index contributed by atoms with van der Waals surface area (Å²) < 4.78 is 7.12. The third-order valence-corrected chi connectivity index (χ3v) is 4.92. The van der Waals surface area contributed by atoms with Gasteiger partial charge in [0.1, 0.15) is 5.75 Å². The number of H-pyrrole nitrogens is 1. The van der Waals surface area contributed by atoms with Crippen LogP contribution in [-0.4, -0.2) is 16.7 Å². The predicted molar refractivity (Wildman–Crippen MR) is 104 cm³/mol. The van der Waals surface area contributed by atoms with E-state index in [1.165, 1.54) is 16.8 Å². The van der Waals surface area contributed by atoms with E-state index in [2.05, 4.69) is 44.5 Å². The summed E-state index contributed by atoms with van der Waals surface area (Å²) in [5.74, 6) is 7.28. The number of benzene rings is 1. The van der Waals surface area contributed by atoms with Crippen molar-refractivity contribution in [1.82, 2.24) is 9.55 Å². The summed E-state index contributed by atoms with van der Waals surface area (Å²) in [5, 5.41) is 0. The Morgan fingerprint density at radius 1 is 1.27 bits per heavy atom. The number of hydrogen-bond acceptors (Lipinski definition) is 3. The molecular weight excluding hydrogens is 328 g/mol. The summed E-state index contributed by atoms with van der Waals surface area (Å²) in [6, 6.07) is 5.09. The van der Waals surface area contributed by atoms with Crippen LogP contribution < -0.4 is 16.0 Å². The molecule has 0 aliphatic carbocycles. The first-order valence-electron chi connectivity index (χ1n) is 8.76. The van der Waals surface area contributed by atoms with Crippen LogP contribution in [0.2, 0.25) is 0 Å². The minimum atomic E-state index is -0.481. The van der Waals surface area contributed by atoms with Crippen LogP contribution in [0.15, 0.2) is 34.0 Å². The molecule has 5 heteroatoms. The highest BCUT2D eigenvalue weighted by Gasteiger charge is 2.30. The van der Waals surface area contributed by atoms with Gasteiger partial charge < -0.3 is 4.74 Å². The summed E-state index contributed by atoms with van der Waals surface area (Å²) >= 11 is 0. The van der Waals surface area contributed by atoms with Crippen molar-refractivity contribution in [2.24, 2.45) is 5.92 Å². The molecular formula is C21H26N2O3. The van der Waals surface area contributed by atoms with Gasteiger partial charge in [-0.2, -0.15) is 0 Å². The lowest BCUT2D eigenvalue weighted by molar-refractivity contribution is 0.341. The van der Waals surface area contributed by atoms with Crippen LogP contribution in [-0.2, 0) is 5.41 Å². The molecule has 0 aliphatic rings. The summed E-state index contributed by atoms with van der Waals surface area (Å²) in [6.07, 6.45) is 2.20. The zero-order valence-electron chi connectivity index (χ0n) is 16.3. The van der Waals surface area contributed by atoms with Gasteiger partial charge >= 0.3 is 5.69 Å². The molecule has 0 saturated carbocycles. The molecule has 0 radical (unpaired) electrons. The van der Waals surface area contributed by atoms with Gasteiger partial charge in [-0.3, -0.25) is 14.3 Å². The maximum atomic E-state index is 12.3. The fourth-order valence-corrected chi connectivity index (χ4v) is 2.66. The first-order chi connectivity index (χ1) is 12.2. The van der Waals surface area contributed by atoms with Gasteiger partial charge in [0, 0.05) is 24.2 Å². The molecule has 1 N–H and O–H groups in total. The largest absolute Gasteiger partial charge is 0.495 e. The Kier molecular flexibility index (Phi) is 5.76. The summed E-state index contributed by atoms with van der Waals surface area (Å²) in [6.45, 7) is 10.6. The standard InChI is InChI=1S/C21H26N2O3/c1-7-8-9-15-12-16(23-11-10-18(24)22-20(23)25)13-17(19(15)26-6)21(4,5)14(2)3/h10-14H,7H2,1-6H3,(H,22,24,25). The van der Waals surface area contributed by atoms with Crippen LogP contribution in [0.3, 0.4) is 0 Å². The zero-order valence-corrected chi connectivity index (χ0v) is 16.3. The average molecular weight is 354 g/mol. The molecule has 2 aromatic rings. The monoisotopic (exact) mass is 354 g/mol. The average Bonchev–Trinajstić information content (AvgIpc) is 2.58. The van der Waals surface area contributed by atoms with Gasteiger partial charge in [0.2, 0.25) is 0 Å². The number of aromatic amines is 1. The van der Waals surface area contributed by atoms with Crippen LogP contribution in [0.25, 0.3) is 5.69 Å². The van der Waals surface area contributed by atoms with Gasteiger partial charge in [0.05, 0.1) is 18.4 Å². The van der Waals surface area contributed by atoms with E-state index in [1.807, 2.05) is 19.1 Å². The van der Waals surface area contributed by atoms with Crippen molar-refractivity contribution >= 4 is 0 Å². The maximum Gasteiger partial charge on any atom is 0.332 e. The van der Waals surface area contributed by atoms with Crippen molar-refractivity contribution in [2.75, 3.05) is 7.11 Å². The Morgan fingerprint density at radius 2 is 1.96 bits per heavy atom. The van der Waals surface area contributed by atoms with E-state index >= 15 is 0 Å². The third-order valence-electron chi connectivity index (χ3n) is 4.92. The molecule has 0 unspecified atom stereocenters. The Labute approximate surface area is 154 Å². The van der Waals surface area contributed by atoms with Crippen LogP contribution in [0.5, 0.6) is 5.75 Å². The van der Waals surface area contributed by atoms with Crippen LogP contribution in [0, 0.1) is 17.8 Å². The maximum absolute atomic E-state index is 12.3. The lowest BCUT2D eigenvalue weighted by Gasteiger charge is -2.32. The SMILES string of the molecule is CCC#Cc1cc(-n2ccc(=O)[nH]c2=O)cc(C(C)(C)C(C)C)c1OC. The highest BCUT2D eigenvalue weighted by Crippen LogP contribution is 2.40.